The molecule has 0 saturated heterocycles. The van der Waals surface area contributed by atoms with Crippen LogP contribution in [0.5, 0.6) is 11.5 Å². The van der Waals surface area contributed by atoms with E-state index in [0.717, 1.165) is 5.56 Å². The van der Waals surface area contributed by atoms with Crippen LogP contribution in [0, 0.1) is 0 Å². The number of aromatic nitrogens is 2. The lowest BCUT2D eigenvalue weighted by Gasteiger charge is -2.12. The number of aromatic carboxylic acids is 1. The smallest absolute Gasteiger partial charge is 0.337 e. The molecule has 20 heavy (non-hydrogen) atoms. The Morgan fingerprint density at radius 3 is 2.75 bits per heavy atom. The Morgan fingerprint density at radius 2 is 2.20 bits per heavy atom. The number of carbonyl (C=O) groups is 1. The fraction of sp³-hybridized carbons (Fsp3) is 0.231. The van der Waals surface area contributed by atoms with Gasteiger partial charge in [0.1, 0.15) is 6.61 Å². The highest BCUT2D eigenvalue weighted by molar-refractivity contribution is 5.94. The van der Waals surface area contributed by atoms with E-state index in [-0.39, 0.29) is 17.9 Å². The van der Waals surface area contributed by atoms with Gasteiger partial charge in [0.15, 0.2) is 11.5 Å². The van der Waals surface area contributed by atoms with Crippen molar-refractivity contribution in [1.82, 2.24) is 9.78 Å². The van der Waals surface area contributed by atoms with E-state index in [1.54, 1.807) is 17.9 Å². The average molecular weight is 277 g/mol. The quantitative estimate of drug-likeness (QED) is 0.799. The Kier molecular flexibility index (Phi) is 3.79. The standard InChI is InChI=1S/C13H15N3O4/c1-16-6-8(5-15-16)7-20-12-3-9(13(17)18)10(14)4-11(12)19-2/h3-6H,7,14H2,1-2H3,(H,17,18). The number of carboxylic acids is 1. The summed E-state index contributed by atoms with van der Waals surface area (Å²) in [6, 6.07) is 2.79. The first kappa shape index (κ1) is 13.7. The predicted octanol–water partition coefficient (Wildman–Crippen LogP) is 1.29. The second-order valence-electron chi connectivity index (χ2n) is 4.21. The normalized spacial score (nSPS) is 10.3. The van der Waals surface area contributed by atoms with Crippen LogP contribution in [0.3, 0.4) is 0 Å². The molecule has 2 aromatic rings. The van der Waals surface area contributed by atoms with Gasteiger partial charge in [0.2, 0.25) is 0 Å². The Balaban J connectivity index is 2.25. The molecule has 0 unspecified atom stereocenters. The number of ether oxygens (including phenoxy) is 2. The fourth-order valence-electron chi connectivity index (χ4n) is 1.74. The second-order valence-corrected chi connectivity index (χ2v) is 4.21. The Labute approximate surface area is 115 Å². The first-order chi connectivity index (χ1) is 9.51. The summed E-state index contributed by atoms with van der Waals surface area (Å²) < 4.78 is 12.4. The van der Waals surface area contributed by atoms with Crippen LogP contribution in [-0.4, -0.2) is 28.0 Å². The number of nitrogens with two attached hydrogens (primary N) is 1. The third-order valence-corrected chi connectivity index (χ3v) is 2.72. The maximum absolute atomic E-state index is 11.1. The molecule has 7 heteroatoms. The number of nitrogens with zero attached hydrogens (tertiary/aromatic N) is 2. The van der Waals surface area contributed by atoms with E-state index in [1.807, 2.05) is 6.20 Å². The molecule has 1 aromatic carbocycles. The minimum atomic E-state index is -1.11. The van der Waals surface area contributed by atoms with E-state index in [4.69, 9.17) is 20.3 Å². The van der Waals surface area contributed by atoms with Crippen LogP contribution in [0.1, 0.15) is 15.9 Å². The molecule has 7 nitrogen and oxygen atoms in total. The van der Waals surface area contributed by atoms with Crippen molar-refractivity contribution in [3.63, 3.8) is 0 Å². The second kappa shape index (κ2) is 5.52. The highest BCUT2D eigenvalue weighted by atomic mass is 16.5. The zero-order valence-electron chi connectivity index (χ0n) is 11.2. The zero-order chi connectivity index (χ0) is 14.7. The summed E-state index contributed by atoms with van der Waals surface area (Å²) in [5.41, 5.74) is 6.62. The van der Waals surface area contributed by atoms with Gasteiger partial charge in [0.25, 0.3) is 0 Å². The van der Waals surface area contributed by atoms with Gasteiger partial charge in [0.05, 0.1) is 24.6 Å². The Hall–Kier alpha value is -2.70. The van der Waals surface area contributed by atoms with Crippen molar-refractivity contribution in [3.05, 3.63) is 35.7 Å². The third-order valence-electron chi connectivity index (χ3n) is 2.72. The molecule has 0 aliphatic heterocycles. The fourth-order valence-corrected chi connectivity index (χ4v) is 1.74. The molecule has 106 valence electrons. The molecule has 1 aromatic heterocycles. The minimum absolute atomic E-state index is 0.0213. The average Bonchev–Trinajstić information content (AvgIpc) is 2.82. The van der Waals surface area contributed by atoms with E-state index >= 15 is 0 Å². The summed E-state index contributed by atoms with van der Waals surface area (Å²) >= 11 is 0. The zero-order valence-corrected chi connectivity index (χ0v) is 11.2. The van der Waals surface area contributed by atoms with Crippen molar-refractivity contribution in [3.8, 4) is 11.5 Å². The van der Waals surface area contributed by atoms with E-state index < -0.39 is 5.97 Å². The molecule has 1 heterocycles. The lowest BCUT2D eigenvalue weighted by Crippen LogP contribution is -2.05. The number of rotatable bonds is 5. The van der Waals surface area contributed by atoms with Gasteiger partial charge in [-0.1, -0.05) is 0 Å². The molecule has 0 amide bonds. The Bertz CT molecular complexity index is 637. The van der Waals surface area contributed by atoms with Gasteiger partial charge < -0.3 is 20.3 Å². The van der Waals surface area contributed by atoms with Crippen LogP contribution < -0.4 is 15.2 Å². The predicted molar refractivity (Wildman–Crippen MR) is 71.9 cm³/mol. The van der Waals surface area contributed by atoms with Gasteiger partial charge in [-0.2, -0.15) is 5.10 Å². The molecule has 2 rings (SSSR count). The van der Waals surface area contributed by atoms with Gasteiger partial charge in [0, 0.05) is 30.9 Å². The monoisotopic (exact) mass is 277 g/mol. The summed E-state index contributed by atoms with van der Waals surface area (Å²) in [5.74, 6) is -0.407. The molecule has 0 fully saturated rings. The number of aryl methyl sites for hydroxylation is 1. The van der Waals surface area contributed by atoms with Gasteiger partial charge in [-0.15, -0.1) is 0 Å². The van der Waals surface area contributed by atoms with Crippen LogP contribution in [0.25, 0.3) is 0 Å². The number of methoxy groups -OCH3 is 1. The highest BCUT2D eigenvalue weighted by Crippen LogP contribution is 2.32. The van der Waals surface area contributed by atoms with E-state index in [9.17, 15) is 4.79 Å². The van der Waals surface area contributed by atoms with Crippen LogP contribution >= 0.6 is 0 Å². The molecular formula is C13H15N3O4. The summed E-state index contributed by atoms with van der Waals surface area (Å²) in [6.07, 6.45) is 3.48. The molecule has 0 atom stereocenters. The molecule has 0 aliphatic rings. The van der Waals surface area contributed by atoms with Crippen molar-refractivity contribution in [2.45, 2.75) is 6.61 Å². The first-order valence-corrected chi connectivity index (χ1v) is 5.82. The number of benzene rings is 1. The number of anilines is 1. The van der Waals surface area contributed by atoms with Crippen LogP contribution in [0.15, 0.2) is 24.5 Å². The summed E-state index contributed by atoms with van der Waals surface area (Å²) in [5, 5.41) is 13.1. The lowest BCUT2D eigenvalue weighted by atomic mass is 10.1. The van der Waals surface area contributed by atoms with Crippen molar-refractivity contribution in [2.75, 3.05) is 12.8 Å². The number of hydrogen-bond acceptors (Lipinski definition) is 5. The summed E-state index contributed by atoms with van der Waals surface area (Å²) in [4.78, 5) is 11.1. The van der Waals surface area contributed by atoms with E-state index in [2.05, 4.69) is 5.10 Å². The summed E-state index contributed by atoms with van der Waals surface area (Å²) in [6.45, 7) is 0.257. The number of hydrogen-bond donors (Lipinski definition) is 2. The van der Waals surface area contributed by atoms with Crippen molar-refractivity contribution < 1.29 is 19.4 Å². The van der Waals surface area contributed by atoms with Crippen LogP contribution in [0.4, 0.5) is 5.69 Å². The van der Waals surface area contributed by atoms with Crippen molar-refractivity contribution in [2.24, 2.45) is 7.05 Å². The molecule has 0 spiro atoms. The lowest BCUT2D eigenvalue weighted by molar-refractivity contribution is 0.0697. The highest BCUT2D eigenvalue weighted by Gasteiger charge is 2.15. The molecular weight excluding hydrogens is 262 g/mol. The maximum Gasteiger partial charge on any atom is 0.337 e. The largest absolute Gasteiger partial charge is 0.493 e. The Morgan fingerprint density at radius 1 is 1.45 bits per heavy atom. The van der Waals surface area contributed by atoms with Gasteiger partial charge in [-0.05, 0) is 0 Å². The third kappa shape index (κ3) is 2.82. The van der Waals surface area contributed by atoms with Gasteiger partial charge in [-0.25, -0.2) is 4.79 Å². The molecule has 0 bridgehead atoms. The van der Waals surface area contributed by atoms with E-state index in [1.165, 1.54) is 19.2 Å². The summed E-state index contributed by atoms with van der Waals surface area (Å²) in [7, 11) is 3.27. The van der Waals surface area contributed by atoms with Crippen LogP contribution in [0.2, 0.25) is 0 Å². The number of carboxylic acid groups (broad SMARTS) is 1. The molecule has 0 aliphatic carbocycles. The molecule has 3 N–H and O–H groups in total. The topological polar surface area (TPSA) is 99.6 Å². The van der Waals surface area contributed by atoms with E-state index in [0.29, 0.717) is 11.5 Å². The molecule has 0 saturated carbocycles. The first-order valence-electron chi connectivity index (χ1n) is 5.82. The van der Waals surface area contributed by atoms with Crippen molar-refractivity contribution >= 4 is 11.7 Å². The van der Waals surface area contributed by atoms with Crippen LogP contribution in [-0.2, 0) is 13.7 Å². The maximum atomic E-state index is 11.1. The minimum Gasteiger partial charge on any atom is -0.493 e. The number of nitrogen functional groups attached to an aromatic ring is 1. The van der Waals surface area contributed by atoms with Gasteiger partial charge >= 0.3 is 5.97 Å². The SMILES string of the molecule is COc1cc(N)c(C(=O)O)cc1OCc1cnn(C)c1. The van der Waals surface area contributed by atoms with Crippen molar-refractivity contribution in [1.29, 1.82) is 0 Å². The van der Waals surface area contributed by atoms with Gasteiger partial charge in [-0.3, -0.25) is 4.68 Å². The molecule has 0 radical (unpaired) electrons.